The van der Waals surface area contributed by atoms with E-state index in [-0.39, 0.29) is 35.8 Å². The molecule has 2 aromatic carbocycles. The van der Waals surface area contributed by atoms with Crippen LogP contribution in [0.25, 0.3) is 44.7 Å². The maximum absolute atomic E-state index is 14.9. The molecule has 4 amide bonds. The third-order valence-electron chi connectivity index (χ3n) is 12.1. The molecule has 8 rings (SSSR count). The number of methoxy groups -OCH3 is 2. The highest BCUT2D eigenvalue weighted by Crippen LogP contribution is 2.45. The number of carbonyl (C=O) groups excluding carboxylic acids is 4. The molecule has 1 unspecified atom stereocenters. The number of aromatic nitrogens is 5. The summed E-state index contributed by atoms with van der Waals surface area (Å²) in [6, 6.07) is 10.9. The number of imidazole rings is 2. The zero-order valence-corrected chi connectivity index (χ0v) is 35.6. The van der Waals surface area contributed by atoms with Gasteiger partial charge in [-0.05, 0) is 61.9 Å². The lowest BCUT2D eigenvalue weighted by molar-refractivity contribution is -0.137. The molecule has 3 aromatic heterocycles. The van der Waals surface area contributed by atoms with Gasteiger partial charge in [0.15, 0.2) is 6.23 Å². The van der Waals surface area contributed by atoms with Crippen LogP contribution in [-0.4, -0.2) is 104 Å². The van der Waals surface area contributed by atoms with Gasteiger partial charge in [-0.15, -0.1) is 0 Å². The van der Waals surface area contributed by atoms with Crippen LogP contribution in [0, 0.1) is 11.8 Å². The summed E-state index contributed by atoms with van der Waals surface area (Å²) in [4.78, 5) is 70.0. The third kappa shape index (κ3) is 7.81. The minimum absolute atomic E-state index is 0.140. The molecule has 0 saturated carbocycles. The summed E-state index contributed by atoms with van der Waals surface area (Å²) in [7, 11) is 2.45. The number of alkyl halides is 2. The van der Waals surface area contributed by atoms with E-state index in [9.17, 15) is 28.0 Å². The summed E-state index contributed by atoms with van der Waals surface area (Å²) in [6.07, 6.45) is 2.42. The van der Waals surface area contributed by atoms with Gasteiger partial charge in [-0.1, -0.05) is 39.8 Å². The van der Waals surface area contributed by atoms with Crippen molar-refractivity contribution in [2.24, 2.45) is 11.8 Å². The van der Waals surface area contributed by atoms with Crippen LogP contribution in [0.2, 0.25) is 0 Å². The van der Waals surface area contributed by atoms with Gasteiger partial charge in [0.1, 0.15) is 29.5 Å². The van der Waals surface area contributed by atoms with Crippen molar-refractivity contribution in [3.63, 3.8) is 0 Å². The van der Waals surface area contributed by atoms with Crippen LogP contribution in [-0.2, 0) is 19.1 Å². The van der Waals surface area contributed by atoms with Crippen molar-refractivity contribution >= 4 is 34.9 Å². The number of amides is 4. The monoisotopic (exact) mass is 855 g/mol. The predicted molar refractivity (Wildman–Crippen MR) is 224 cm³/mol. The van der Waals surface area contributed by atoms with Crippen LogP contribution >= 0.6 is 0 Å². The van der Waals surface area contributed by atoms with Gasteiger partial charge in [0, 0.05) is 35.0 Å². The molecule has 0 radical (unpaired) electrons. The molecule has 0 aliphatic carbocycles. The van der Waals surface area contributed by atoms with Crippen molar-refractivity contribution in [3.8, 4) is 39.5 Å². The molecule has 3 aliphatic rings. The van der Waals surface area contributed by atoms with Gasteiger partial charge in [0.2, 0.25) is 11.8 Å². The van der Waals surface area contributed by atoms with E-state index in [0.29, 0.717) is 29.4 Å². The average Bonchev–Trinajstić information content (AvgIpc) is 4.09. The number of ether oxygens (including phenoxy) is 3. The zero-order chi connectivity index (χ0) is 44.2. The summed E-state index contributed by atoms with van der Waals surface area (Å²) >= 11 is 0. The summed E-state index contributed by atoms with van der Waals surface area (Å²) in [5.41, 5.74) is 5.80. The highest BCUT2D eigenvalue weighted by molar-refractivity contribution is 5.92. The minimum Gasteiger partial charge on any atom is -0.470 e. The van der Waals surface area contributed by atoms with Gasteiger partial charge in [0.25, 0.3) is 5.92 Å². The number of H-pyrrole nitrogens is 2. The Morgan fingerprint density at radius 1 is 0.823 bits per heavy atom. The van der Waals surface area contributed by atoms with Crippen molar-refractivity contribution in [3.05, 3.63) is 66.5 Å². The quantitative estimate of drug-likeness (QED) is 0.112. The van der Waals surface area contributed by atoms with Crippen LogP contribution < -0.4 is 15.4 Å². The molecule has 0 bridgehead atoms. The Balaban J connectivity index is 1.02. The first kappa shape index (κ1) is 42.2. The van der Waals surface area contributed by atoms with Crippen LogP contribution in [0.5, 0.6) is 5.75 Å². The molecule has 328 valence electrons. The van der Waals surface area contributed by atoms with Gasteiger partial charge in [-0.25, -0.2) is 28.3 Å². The Labute approximate surface area is 356 Å². The second kappa shape index (κ2) is 16.4. The van der Waals surface area contributed by atoms with Gasteiger partial charge in [-0.2, -0.15) is 0 Å². The summed E-state index contributed by atoms with van der Waals surface area (Å²) < 4.78 is 47.9. The molecule has 5 atom stereocenters. The van der Waals surface area contributed by atoms with E-state index in [1.165, 1.54) is 14.2 Å². The normalized spacial score (nSPS) is 20.1. The first-order valence-corrected chi connectivity index (χ1v) is 20.8. The Hall–Kier alpha value is -6.46. The van der Waals surface area contributed by atoms with Crippen LogP contribution in [0.15, 0.2) is 54.9 Å². The van der Waals surface area contributed by atoms with Crippen molar-refractivity contribution in [2.45, 2.75) is 90.2 Å². The number of hydrogen-bond acceptors (Lipinski definition) is 9. The van der Waals surface area contributed by atoms with Gasteiger partial charge < -0.3 is 49.2 Å². The molecular formula is C44H51F2N9O7. The van der Waals surface area contributed by atoms with Crippen molar-refractivity contribution in [1.82, 2.24) is 44.9 Å². The summed E-state index contributed by atoms with van der Waals surface area (Å²) in [5, 5.41) is 6.16. The maximum Gasteiger partial charge on any atom is 0.407 e. The molecule has 5 aromatic rings. The fourth-order valence-corrected chi connectivity index (χ4v) is 8.91. The molecular weight excluding hydrogens is 805 g/mol. The van der Waals surface area contributed by atoms with E-state index in [2.05, 4.69) is 47.0 Å². The number of rotatable bonds is 10. The molecule has 0 spiro atoms. The molecule has 6 heterocycles. The number of aromatic amines is 2. The Morgan fingerprint density at radius 3 is 2.02 bits per heavy atom. The molecule has 4 N–H and O–H groups in total. The second-order valence-electron chi connectivity index (χ2n) is 16.9. The number of fused-ring (bicyclic) bond motifs is 5. The number of nitrogens with zero attached hydrogens (tertiary/aromatic N) is 5. The average molecular weight is 856 g/mol. The summed E-state index contributed by atoms with van der Waals surface area (Å²) in [5.74, 6) is -2.97. The van der Waals surface area contributed by atoms with Crippen LogP contribution in [0.4, 0.5) is 18.4 Å². The van der Waals surface area contributed by atoms with Gasteiger partial charge in [0.05, 0.1) is 67.8 Å². The number of nitrogens with one attached hydrogen (secondary N) is 4. The number of hydrogen-bond donors (Lipinski definition) is 4. The highest BCUT2D eigenvalue weighted by Gasteiger charge is 2.50. The van der Waals surface area contributed by atoms with E-state index in [1.54, 1.807) is 31.1 Å². The predicted octanol–water partition coefficient (Wildman–Crippen LogP) is 7.33. The minimum atomic E-state index is -3.15. The largest absolute Gasteiger partial charge is 0.470 e. The zero-order valence-electron chi connectivity index (χ0n) is 35.6. The Bertz CT molecular complexity index is 2530. The maximum atomic E-state index is 14.9. The van der Waals surface area contributed by atoms with Crippen molar-refractivity contribution < 1.29 is 42.2 Å². The lowest BCUT2D eigenvalue weighted by Gasteiger charge is -2.30. The fraction of sp³-hybridized carbons (Fsp3) is 0.455. The Kier molecular flexibility index (Phi) is 11.2. The summed E-state index contributed by atoms with van der Waals surface area (Å²) in [6.45, 7) is 8.92. The number of carbonyl (C=O) groups is 4. The van der Waals surface area contributed by atoms with Crippen LogP contribution in [0.3, 0.4) is 0 Å². The molecule has 2 saturated heterocycles. The highest BCUT2D eigenvalue weighted by atomic mass is 19.3. The number of benzene rings is 2. The standard InChI is InChI=1S/C44H51F2N9O7/c1-22(2)36(51-42(58)60-6)40(56)53-14-8-9-32(53)38-47-19-29(49-38)25-11-13-31-27(15-25)16-33-28-12-10-26(17-35(28)62-24(5)55(31)33)30-20-48-39(50-30)34-18-44(45,46)21-54(34)41(57)37(23(3)4)52-43(59)61-7/h10-13,15-17,19-20,22-24,32,34,36-37H,8-9,14,18,21H2,1-7H3,(H,47,49)(H,48,50)(H,51,58)(H,52,59)/t24?,32-,34-,36-,37-/m0/s1. The topological polar surface area (TPSA) is 189 Å². The lowest BCUT2D eigenvalue weighted by Crippen LogP contribution is -2.51. The van der Waals surface area contributed by atoms with Gasteiger partial charge >= 0.3 is 12.2 Å². The first-order chi connectivity index (χ1) is 29.6. The molecule has 3 aliphatic heterocycles. The SMILES string of the molecule is COC(=O)N[C@H](C(=O)N1CCC[C@H]1c1ncc(-c2ccc3c(c2)cc2n3C(C)Oc3cc(-c4cnc([C@@H]5CC(F)(F)CN5C(=O)[C@@H](NC(=O)OC)C(C)C)[nH]4)ccc3-2)[nH]1)C(C)C. The molecule has 62 heavy (non-hydrogen) atoms. The van der Waals surface area contributed by atoms with Crippen molar-refractivity contribution in [1.29, 1.82) is 0 Å². The van der Waals surface area contributed by atoms with E-state index in [1.807, 2.05) is 51.1 Å². The third-order valence-corrected chi connectivity index (χ3v) is 12.1. The lowest BCUT2D eigenvalue weighted by atomic mass is 10.0. The van der Waals surface area contributed by atoms with Gasteiger partial charge in [-0.3, -0.25) is 9.59 Å². The fourth-order valence-electron chi connectivity index (χ4n) is 8.91. The van der Waals surface area contributed by atoms with Crippen molar-refractivity contribution in [2.75, 3.05) is 27.3 Å². The van der Waals surface area contributed by atoms with Crippen LogP contribution in [0.1, 0.15) is 83.8 Å². The molecule has 2 fully saturated rings. The van der Waals surface area contributed by atoms with E-state index < -0.39 is 55.1 Å². The van der Waals surface area contributed by atoms with E-state index in [0.717, 1.165) is 51.2 Å². The van der Waals surface area contributed by atoms with E-state index >= 15 is 0 Å². The van der Waals surface area contributed by atoms with E-state index in [4.69, 9.17) is 14.5 Å². The smallest absolute Gasteiger partial charge is 0.407 e. The Morgan fingerprint density at radius 2 is 1.40 bits per heavy atom. The first-order valence-electron chi connectivity index (χ1n) is 20.8. The molecule has 18 heteroatoms. The number of likely N-dealkylation sites (tertiary alicyclic amines) is 2. The molecule has 16 nitrogen and oxygen atoms in total. The number of halogens is 2. The number of alkyl carbamates (subject to hydrolysis) is 2. The second-order valence-corrected chi connectivity index (χ2v) is 16.9.